The molecule has 1 aromatic rings. The number of rotatable bonds is 4. The summed E-state index contributed by atoms with van der Waals surface area (Å²) in [7, 11) is -2.54. The molecule has 0 heterocycles. The van der Waals surface area contributed by atoms with E-state index in [-0.39, 0.29) is 11.4 Å². The van der Waals surface area contributed by atoms with E-state index in [4.69, 9.17) is 4.55 Å². The molecule has 0 bridgehead atoms. The average molecular weight is 229 g/mol. The lowest BCUT2D eigenvalue weighted by atomic mass is 10.3. The molecule has 1 N–H and O–H groups in total. The fourth-order valence-electron chi connectivity index (χ4n) is 1.10. The SMILES string of the molecule is CN(CC=O)c1cccc(S(=O)(=O)O)c1. The van der Waals surface area contributed by atoms with Crippen molar-refractivity contribution in [2.75, 3.05) is 18.5 Å². The molecule has 0 amide bonds. The van der Waals surface area contributed by atoms with Gasteiger partial charge >= 0.3 is 0 Å². The topological polar surface area (TPSA) is 74.7 Å². The first-order valence-electron chi connectivity index (χ1n) is 4.17. The van der Waals surface area contributed by atoms with E-state index in [1.807, 2.05) is 0 Å². The number of aldehydes is 1. The smallest absolute Gasteiger partial charge is 0.294 e. The number of carbonyl (C=O) groups is 1. The number of anilines is 1. The van der Waals surface area contributed by atoms with Crippen LogP contribution in [0.4, 0.5) is 5.69 Å². The summed E-state index contributed by atoms with van der Waals surface area (Å²) in [5, 5.41) is 0. The second kappa shape index (κ2) is 4.41. The maximum absolute atomic E-state index is 10.8. The molecule has 0 radical (unpaired) electrons. The molecule has 0 aliphatic heterocycles. The minimum Gasteiger partial charge on any atom is -0.368 e. The molecule has 0 saturated carbocycles. The summed E-state index contributed by atoms with van der Waals surface area (Å²) in [5.41, 5.74) is 0.553. The number of carbonyl (C=O) groups excluding carboxylic acids is 1. The van der Waals surface area contributed by atoms with Crippen LogP contribution in [0.15, 0.2) is 29.2 Å². The molecule has 0 unspecified atom stereocenters. The van der Waals surface area contributed by atoms with Gasteiger partial charge in [-0.25, -0.2) is 0 Å². The number of hydrogen-bond acceptors (Lipinski definition) is 4. The van der Waals surface area contributed by atoms with E-state index < -0.39 is 10.1 Å². The lowest BCUT2D eigenvalue weighted by Crippen LogP contribution is -2.19. The normalized spacial score (nSPS) is 11.1. The Labute approximate surface area is 88.1 Å². The summed E-state index contributed by atoms with van der Waals surface area (Å²) >= 11 is 0. The predicted molar refractivity (Wildman–Crippen MR) is 55.6 cm³/mol. The first kappa shape index (κ1) is 11.7. The Morgan fingerprint density at radius 1 is 1.47 bits per heavy atom. The molecule has 0 saturated heterocycles. The summed E-state index contributed by atoms with van der Waals surface area (Å²) in [6.45, 7) is 0.162. The Hall–Kier alpha value is -1.40. The Kier molecular flexibility index (Phi) is 3.43. The standard InChI is InChI=1S/C9H11NO4S/c1-10(5-6-11)8-3-2-4-9(7-8)15(12,13)14/h2-4,6-7H,5H2,1H3,(H,12,13,14). The molecule has 0 fully saturated rings. The number of nitrogens with zero attached hydrogens (tertiary/aromatic N) is 1. The number of likely N-dealkylation sites (N-methyl/N-ethyl adjacent to an activating group) is 1. The van der Waals surface area contributed by atoms with E-state index >= 15 is 0 Å². The van der Waals surface area contributed by atoms with Crippen LogP contribution >= 0.6 is 0 Å². The Morgan fingerprint density at radius 2 is 2.13 bits per heavy atom. The van der Waals surface area contributed by atoms with Crippen molar-refractivity contribution in [1.29, 1.82) is 0 Å². The van der Waals surface area contributed by atoms with Gasteiger partial charge in [0.25, 0.3) is 10.1 Å². The Bertz CT molecular complexity index is 455. The maximum Gasteiger partial charge on any atom is 0.294 e. The van der Waals surface area contributed by atoms with Gasteiger partial charge in [0.15, 0.2) is 0 Å². The van der Waals surface area contributed by atoms with Crippen molar-refractivity contribution >= 4 is 22.1 Å². The van der Waals surface area contributed by atoms with Crippen molar-refractivity contribution < 1.29 is 17.8 Å². The highest BCUT2D eigenvalue weighted by molar-refractivity contribution is 7.85. The van der Waals surface area contributed by atoms with Crippen LogP contribution in [0.25, 0.3) is 0 Å². The molecular formula is C9H11NO4S. The first-order valence-corrected chi connectivity index (χ1v) is 5.61. The van der Waals surface area contributed by atoms with E-state index in [0.29, 0.717) is 12.0 Å². The zero-order valence-corrected chi connectivity index (χ0v) is 8.94. The molecule has 0 spiro atoms. The molecule has 0 aliphatic rings. The van der Waals surface area contributed by atoms with Gasteiger partial charge in [0.2, 0.25) is 0 Å². The van der Waals surface area contributed by atoms with Crippen LogP contribution in [0.2, 0.25) is 0 Å². The average Bonchev–Trinajstić information content (AvgIpc) is 2.17. The fourth-order valence-corrected chi connectivity index (χ4v) is 1.62. The zero-order chi connectivity index (χ0) is 11.5. The fraction of sp³-hybridized carbons (Fsp3) is 0.222. The van der Waals surface area contributed by atoms with E-state index in [1.165, 1.54) is 18.2 Å². The summed E-state index contributed by atoms with van der Waals surface area (Å²) < 4.78 is 30.5. The van der Waals surface area contributed by atoms with Crippen LogP contribution in [0.5, 0.6) is 0 Å². The van der Waals surface area contributed by atoms with Crippen molar-refractivity contribution in [1.82, 2.24) is 0 Å². The first-order chi connectivity index (χ1) is 6.95. The van der Waals surface area contributed by atoms with Crippen molar-refractivity contribution in [3.63, 3.8) is 0 Å². The summed E-state index contributed by atoms with van der Waals surface area (Å²) in [6, 6.07) is 5.74. The second-order valence-corrected chi connectivity index (χ2v) is 4.44. The van der Waals surface area contributed by atoms with Crippen molar-refractivity contribution in [2.45, 2.75) is 4.90 Å². The highest BCUT2D eigenvalue weighted by atomic mass is 32.2. The van der Waals surface area contributed by atoms with E-state index in [9.17, 15) is 13.2 Å². The third-order valence-electron chi connectivity index (χ3n) is 1.90. The quantitative estimate of drug-likeness (QED) is 0.603. The van der Waals surface area contributed by atoms with Gasteiger partial charge in [-0.1, -0.05) is 6.07 Å². The van der Waals surface area contributed by atoms with Crippen molar-refractivity contribution in [3.8, 4) is 0 Å². The Morgan fingerprint density at radius 3 is 2.67 bits per heavy atom. The van der Waals surface area contributed by atoms with Gasteiger partial charge in [0.1, 0.15) is 6.29 Å². The van der Waals surface area contributed by atoms with E-state index in [2.05, 4.69) is 0 Å². The number of hydrogen-bond donors (Lipinski definition) is 1. The third-order valence-corrected chi connectivity index (χ3v) is 2.75. The monoisotopic (exact) mass is 229 g/mol. The predicted octanol–water partition coefficient (Wildman–Crippen LogP) is 0.568. The maximum atomic E-state index is 10.8. The van der Waals surface area contributed by atoms with Gasteiger partial charge in [-0.05, 0) is 18.2 Å². The van der Waals surface area contributed by atoms with Crippen molar-refractivity contribution in [3.05, 3.63) is 24.3 Å². The van der Waals surface area contributed by atoms with Crippen LogP contribution in [-0.2, 0) is 14.9 Å². The molecule has 0 atom stereocenters. The molecule has 6 heteroatoms. The van der Waals surface area contributed by atoms with Crippen molar-refractivity contribution in [2.24, 2.45) is 0 Å². The highest BCUT2D eigenvalue weighted by Crippen LogP contribution is 2.17. The lowest BCUT2D eigenvalue weighted by molar-refractivity contribution is -0.106. The van der Waals surface area contributed by atoms with Crippen LogP contribution in [0, 0.1) is 0 Å². The highest BCUT2D eigenvalue weighted by Gasteiger charge is 2.10. The molecular weight excluding hydrogens is 218 g/mol. The molecule has 1 rings (SSSR count). The van der Waals surface area contributed by atoms with E-state index in [0.717, 1.165) is 0 Å². The van der Waals surface area contributed by atoms with Crippen LogP contribution in [0.1, 0.15) is 0 Å². The minimum atomic E-state index is -4.19. The van der Waals surface area contributed by atoms with Crippen LogP contribution in [0.3, 0.4) is 0 Å². The van der Waals surface area contributed by atoms with Gasteiger partial charge in [-0.2, -0.15) is 8.42 Å². The van der Waals surface area contributed by atoms with Gasteiger partial charge in [-0.3, -0.25) is 4.55 Å². The van der Waals surface area contributed by atoms with Gasteiger partial charge in [-0.15, -0.1) is 0 Å². The molecule has 82 valence electrons. The minimum absolute atomic E-state index is 0.162. The lowest BCUT2D eigenvalue weighted by Gasteiger charge is -2.16. The third kappa shape index (κ3) is 3.03. The Balaban J connectivity index is 3.08. The summed E-state index contributed by atoms with van der Waals surface area (Å²) in [5.74, 6) is 0. The van der Waals surface area contributed by atoms with E-state index in [1.54, 1.807) is 18.0 Å². The van der Waals surface area contributed by atoms with Gasteiger partial charge < -0.3 is 9.69 Å². The summed E-state index contributed by atoms with van der Waals surface area (Å²) in [4.78, 5) is 11.6. The molecule has 0 aliphatic carbocycles. The second-order valence-electron chi connectivity index (χ2n) is 3.02. The molecule has 5 nitrogen and oxygen atoms in total. The molecule has 15 heavy (non-hydrogen) atoms. The zero-order valence-electron chi connectivity index (χ0n) is 8.12. The largest absolute Gasteiger partial charge is 0.368 e. The number of benzene rings is 1. The molecule has 1 aromatic carbocycles. The van der Waals surface area contributed by atoms with Crippen LogP contribution < -0.4 is 4.90 Å². The van der Waals surface area contributed by atoms with Crippen LogP contribution in [-0.4, -0.2) is 32.8 Å². The summed E-state index contributed by atoms with van der Waals surface area (Å²) in [6.07, 6.45) is 0.708. The van der Waals surface area contributed by atoms with Gasteiger partial charge in [0, 0.05) is 12.7 Å². The van der Waals surface area contributed by atoms with Gasteiger partial charge in [0.05, 0.1) is 11.4 Å². The molecule has 0 aromatic heterocycles.